The third-order valence-electron chi connectivity index (χ3n) is 5.93. The van der Waals surface area contributed by atoms with E-state index in [0.717, 1.165) is 0 Å². The van der Waals surface area contributed by atoms with Crippen LogP contribution in [0.4, 0.5) is 5.69 Å². The summed E-state index contributed by atoms with van der Waals surface area (Å²) < 4.78 is 26.9. The molecule has 2 atom stereocenters. The van der Waals surface area contributed by atoms with Crippen molar-refractivity contribution in [1.29, 1.82) is 0 Å². The SMILES string of the molecule is CCOC(=O)c1ccc(N[SH]2(=O)C3C=c4[nH]c(=O)c5[nH]cc(C(=O)OCC)c5c4=CC32)cc1. The molecule has 10 heteroatoms. The van der Waals surface area contributed by atoms with Gasteiger partial charge in [-0.05, 0) is 54.3 Å². The van der Waals surface area contributed by atoms with Crippen molar-refractivity contribution in [3.05, 3.63) is 62.5 Å². The van der Waals surface area contributed by atoms with E-state index in [4.69, 9.17) is 9.47 Å². The van der Waals surface area contributed by atoms with Crippen molar-refractivity contribution in [3.63, 3.8) is 0 Å². The van der Waals surface area contributed by atoms with Crippen molar-refractivity contribution < 1.29 is 23.3 Å². The summed E-state index contributed by atoms with van der Waals surface area (Å²) in [6.45, 7) is 3.96. The first-order chi connectivity index (χ1) is 15.9. The molecule has 0 bridgehead atoms. The topological polar surface area (TPSA) is 130 Å². The molecule has 1 aromatic carbocycles. The number of hydrogen-bond donors (Lipinski definition) is 4. The summed E-state index contributed by atoms with van der Waals surface area (Å²) in [5.41, 5.74) is 1.23. The highest BCUT2D eigenvalue weighted by molar-refractivity contribution is 8.13. The van der Waals surface area contributed by atoms with Gasteiger partial charge >= 0.3 is 11.9 Å². The normalized spacial score (nSPS) is 20.4. The molecule has 9 nitrogen and oxygen atoms in total. The number of aromatic amines is 2. The number of ether oxygens (including phenoxy) is 2. The number of fused-ring (bicyclic) bond motifs is 4. The molecule has 0 spiro atoms. The van der Waals surface area contributed by atoms with Gasteiger partial charge in [0.2, 0.25) is 0 Å². The quantitative estimate of drug-likeness (QED) is 0.237. The van der Waals surface area contributed by atoms with Crippen LogP contribution in [0.15, 0.2) is 35.3 Å². The zero-order valence-electron chi connectivity index (χ0n) is 18.0. The summed E-state index contributed by atoms with van der Waals surface area (Å²) in [6.07, 6.45) is 5.12. The molecule has 1 fully saturated rings. The van der Waals surface area contributed by atoms with E-state index in [-0.39, 0.29) is 40.4 Å². The lowest BCUT2D eigenvalue weighted by Gasteiger charge is -2.10. The van der Waals surface area contributed by atoms with Crippen LogP contribution < -0.4 is 20.8 Å². The van der Waals surface area contributed by atoms with Crippen LogP contribution in [-0.4, -0.2) is 49.8 Å². The van der Waals surface area contributed by atoms with Crippen molar-refractivity contribution in [3.8, 4) is 0 Å². The van der Waals surface area contributed by atoms with Crippen LogP contribution in [0, 0.1) is 0 Å². The highest BCUT2D eigenvalue weighted by Gasteiger charge is 2.54. The molecule has 33 heavy (non-hydrogen) atoms. The standard InChI is InChI=1S/C23H23N3O6S/c1-3-31-22(28)12-5-7-13(8-6-12)26-33(30)17-9-14-16(10-18(17)33)25-21(27)20-19(14)15(11-24-20)23(29)32-4-2/h5-11,17-18,24,33H,3-4H2,1-2H3,(H,25,27)(H,26,30). The molecule has 3 N–H and O–H groups in total. The largest absolute Gasteiger partial charge is 0.462 e. The molecule has 0 amide bonds. The first-order valence-electron chi connectivity index (χ1n) is 10.7. The average molecular weight is 470 g/mol. The Hall–Kier alpha value is -3.66. The Kier molecular flexibility index (Phi) is 4.97. The van der Waals surface area contributed by atoms with E-state index in [9.17, 15) is 18.6 Å². The Morgan fingerprint density at radius 2 is 1.70 bits per heavy atom. The van der Waals surface area contributed by atoms with Gasteiger partial charge in [0, 0.05) is 27.8 Å². The van der Waals surface area contributed by atoms with E-state index in [1.165, 1.54) is 6.20 Å². The van der Waals surface area contributed by atoms with Gasteiger partial charge in [-0.15, -0.1) is 0 Å². The van der Waals surface area contributed by atoms with Crippen LogP contribution in [0.2, 0.25) is 0 Å². The number of thiol groups is 1. The predicted octanol–water partition coefficient (Wildman–Crippen LogP) is 0.579. The lowest BCUT2D eigenvalue weighted by Crippen LogP contribution is -2.38. The van der Waals surface area contributed by atoms with Crippen molar-refractivity contribution in [2.24, 2.45) is 0 Å². The second-order valence-electron chi connectivity index (χ2n) is 7.89. The minimum absolute atomic E-state index is 0.214. The van der Waals surface area contributed by atoms with E-state index < -0.39 is 22.1 Å². The summed E-state index contributed by atoms with van der Waals surface area (Å²) in [7, 11) is -2.88. The van der Waals surface area contributed by atoms with Crippen LogP contribution in [0.25, 0.3) is 23.1 Å². The molecule has 1 aliphatic heterocycles. The van der Waals surface area contributed by atoms with Gasteiger partial charge in [-0.1, -0.05) is 6.08 Å². The number of carbonyl (C=O) groups excluding carboxylic acids is 2. The van der Waals surface area contributed by atoms with E-state index in [1.807, 2.05) is 6.08 Å². The monoisotopic (exact) mass is 469 g/mol. The van der Waals surface area contributed by atoms with Gasteiger partial charge in [0.05, 0.1) is 34.8 Å². The lowest BCUT2D eigenvalue weighted by molar-refractivity contribution is 0.0518. The highest BCUT2D eigenvalue weighted by atomic mass is 32.3. The molecule has 1 saturated heterocycles. The number of anilines is 1. The van der Waals surface area contributed by atoms with Crippen LogP contribution in [0.3, 0.4) is 0 Å². The fraction of sp³-hybridized carbons (Fsp3) is 0.261. The molecule has 0 saturated carbocycles. The maximum Gasteiger partial charge on any atom is 0.340 e. The average Bonchev–Trinajstić information content (AvgIpc) is 3.14. The Bertz CT molecular complexity index is 1520. The fourth-order valence-corrected chi connectivity index (χ4v) is 7.17. The van der Waals surface area contributed by atoms with E-state index >= 15 is 0 Å². The molecule has 2 unspecified atom stereocenters. The smallest absolute Gasteiger partial charge is 0.340 e. The third-order valence-corrected chi connectivity index (χ3v) is 8.91. The fourth-order valence-electron chi connectivity index (χ4n) is 4.32. The summed E-state index contributed by atoms with van der Waals surface area (Å²) in [5.74, 6) is -0.935. The molecule has 1 aliphatic carbocycles. The lowest BCUT2D eigenvalue weighted by atomic mass is 10.1. The number of pyridine rings is 1. The van der Waals surface area contributed by atoms with Crippen molar-refractivity contribution in [1.82, 2.24) is 9.97 Å². The summed E-state index contributed by atoms with van der Waals surface area (Å²) in [5, 5.41) is 1.13. The van der Waals surface area contributed by atoms with Gasteiger partial charge in [-0.25, -0.2) is 9.59 Å². The number of esters is 2. The van der Waals surface area contributed by atoms with Gasteiger partial charge in [-0.3, -0.25) is 9.00 Å². The van der Waals surface area contributed by atoms with E-state index in [0.29, 0.717) is 27.2 Å². The Labute approximate surface area is 189 Å². The summed E-state index contributed by atoms with van der Waals surface area (Å²) >= 11 is 0. The second kappa shape index (κ2) is 7.73. The number of hydrogen-bond acceptors (Lipinski definition) is 6. The van der Waals surface area contributed by atoms with Gasteiger partial charge < -0.3 is 24.2 Å². The molecule has 5 rings (SSSR count). The van der Waals surface area contributed by atoms with E-state index in [2.05, 4.69) is 14.7 Å². The second-order valence-corrected chi connectivity index (χ2v) is 10.7. The Balaban J connectivity index is 1.50. The zero-order chi connectivity index (χ0) is 23.3. The van der Waals surface area contributed by atoms with Crippen LogP contribution >= 0.6 is 0 Å². The number of rotatable bonds is 6. The van der Waals surface area contributed by atoms with Crippen LogP contribution in [-0.2, 0) is 19.6 Å². The van der Waals surface area contributed by atoms with Crippen molar-refractivity contribution >= 4 is 50.8 Å². The molecule has 2 aliphatic rings. The van der Waals surface area contributed by atoms with Gasteiger partial charge in [0.1, 0.15) is 5.52 Å². The third kappa shape index (κ3) is 3.37. The number of aromatic nitrogens is 2. The molecule has 172 valence electrons. The summed E-state index contributed by atoms with van der Waals surface area (Å²) in [4.78, 5) is 42.5. The molecule has 2 aromatic heterocycles. The van der Waals surface area contributed by atoms with E-state index in [1.54, 1.807) is 44.2 Å². The van der Waals surface area contributed by atoms with Crippen LogP contribution in [0.5, 0.6) is 0 Å². The highest BCUT2D eigenvalue weighted by Crippen LogP contribution is 2.44. The predicted molar refractivity (Wildman–Crippen MR) is 126 cm³/mol. The van der Waals surface area contributed by atoms with Crippen LogP contribution in [0.1, 0.15) is 34.6 Å². The number of nitrogens with one attached hydrogen (secondary N) is 3. The first kappa shape index (κ1) is 21.2. The van der Waals surface area contributed by atoms with Gasteiger partial charge in [0.25, 0.3) is 5.56 Å². The zero-order valence-corrected chi connectivity index (χ0v) is 18.9. The van der Waals surface area contributed by atoms with Gasteiger partial charge in [-0.2, -0.15) is 0 Å². The minimum atomic E-state index is -2.88. The Morgan fingerprint density at radius 1 is 1.03 bits per heavy atom. The molecule has 3 heterocycles. The van der Waals surface area contributed by atoms with Crippen molar-refractivity contribution in [2.45, 2.75) is 24.3 Å². The van der Waals surface area contributed by atoms with Gasteiger partial charge in [0.15, 0.2) is 0 Å². The maximum atomic E-state index is 13.7. The molecular formula is C23H23N3O6S. The maximum absolute atomic E-state index is 13.7. The summed E-state index contributed by atoms with van der Waals surface area (Å²) in [6, 6.07) is 6.62. The first-order valence-corrected chi connectivity index (χ1v) is 12.5. The molecule has 0 radical (unpaired) electrons. The number of H-pyrrole nitrogens is 2. The molecule has 3 aromatic rings. The molecular weight excluding hydrogens is 446 g/mol. The number of carbonyl (C=O) groups is 2. The Morgan fingerprint density at radius 3 is 2.39 bits per heavy atom. The minimum Gasteiger partial charge on any atom is -0.462 e. The van der Waals surface area contributed by atoms with Crippen molar-refractivity contribution in [2.75, 3.05) is 17.9 Å². The number of benzene rings is 1.